The molecule has 1 atom stereocenters. The van der Waals surface area contributed by atoms with Gasteiger partial charge in [-0.2, -0.15) is 0 Å². The fraction of sp³-hybridized carbons (Fsp3) is 0.500. The molecule has 2 fully saturated rings. The van der Waals surface area contributed by atoms with Crippen molar-refractivity contribution in [3.05, 3.63) is 52.0 Å². The predicted octanol–water partition coefficient (Wildman–Crippen LogP) is 5.65. The highest BCUT2D eigenvalue weighted by Crippen LogP contribution is 2.34. The van der Waals surface area contributed by atoms with E-state index in [1.54, 1.807) is 30.3 Å². The summed E-state index contributed by atoms with van der Waals surface area (Å²) in [5.74, 6) is -0.00765. The molecule has 2 aromatic rings. The van der Waals surface area contributed by atoms with Crippen LogP contribution in [0.25, 0.3) is 11.1 Å². The van der Waals surface area contributed by atoms with Gasteiger partial charge in [-0.05, 0) is 74.2 Å². The zero-order chi connectivity index (χ0) is 25.5. The SMILES string of the molecule is O=C(N[C@@H](CC1CCCCC1)C(=O)NCCN1CCCC1)c1ccc(O)c(-c2ccc(Cl)c(Cl)c2)c1. The number of halogens is 2. The molecule has 2 aromatic carbocycles. The summed E-state index contributed by atoms with van der Waals surface area (Å²) in [6.07, 6.45) is 8.83. The topological polar surface area (TPSA) is 81.7 Å². The zero-order valence-corrected chi connectivity index (χ0v) is 22.1. The maximum absolute atomic E-state index is 13.3. The quantitative estimate of drug-likeness (QED) is 0.390. The van der Waals surface area contributed by atoms with Gasteiger partial charge in [0.05, 0.1) is 10.0 Å². The first-order valence-corrected chi connectivity index (χ1v) is 13.8. The van der Waals surface area contributed by atoms with Gasteiger partial charge < -0.3 is 20.6 Å². The molecule has 1 heterocycles. The number of amides is 2. The fourth-order valence-electron chi connectivity index (χ4n) is 5.27. The van der Waals surface area contributed by atoms with E-state index in [9.17, 15) is 14.7 Å². The number of hydrogen-bond acceptors (Lipinski definition) is 4. The zero-order valence-electron chi connectivity index (χ0n) is 20.6. The summed E-state index contributed by atoms with van der Waals surface area (Å²) in [5, 5.41) is 17.2. The first-order chi connectivity index (χ1) is 17.4. The molecule has 1 saturated carbocycles. The number of carbonyl (C=O) groups excluding carboxylic acids is 2. The monoisotopic (exact) mass is 531 g/mol. The van der Waals surface area contributed by atoms with Gasteiger partial charge in [0, 0.05) is 24.2 Å². The molecule has 3 N–H and O–H groups in total. The summed E-state index contributed by atoms with van der Waals surface area (Å²) in [4.78, 5) is 28.8. The largest absolute Gasteiger partial charge is 0.507 e. The van der Waals surface area contributed by atoms with Crippen molar-refractivity contribution in [1.82, 2.24) is 15.5 Å². The Balaban J connectivity index is 1.46. The van der Waals surface area contributed by atoms with Gasteiger partial charge in [-0.1, -0.05) is 61.4 Å². The Morgan fingerprint density at radius 1 is 0.972 bits per heavy atom. The number of nitrogens with zero attached hydrogens (tertiary/aromatic N) is 1. The number of nitrogens with one attached hydrogen (secondary N) is 2. The van der Waals surface area contributed by atoms with Crippen molar-refractivity contribution in [2.45, 2.75) is 57.4 Å². The number of benzene rings is 2. The number of phenolic OH excluding ortho intramolecular Hbond substituents is 1. The molecule has 6 nitrogen and oxygen atoms in total. The van der Waals surface area contributed by atoms with Crippen molar-refractivity contribution in [3.63, 3.8) is 0 Å². The first-order valence-electron chi connectivity index (χ1n) is 13.0. The third-order valence-corrected chi connectivity index (χ3v) is 8.07. The number of likely N-dealkylation sites (tertiary alicyclic amines) is 1. The van der Waals surface area contributed by atoms with E-state index in [1.165, 1.54) is 38.2 Å². The lowest BCUT2D eigenvalue weighted by Crippen LogP contribution is -2.49. The summed E-state index contributed by atoms with van der Waals surface area (Å²) in [7, 11) is 0. The molecule has 4 rings (SSSR count). The lowest BCUT2D eigenvalue weighted by Gasteiger charge is -2.27. The van der Waals surface area contributed by atoms with Gasteiger partial charge in [0.2, 0.25) is 5.91 Å². The van der Waals surface area contributed by atoms with Crippen molar-refractivity contribution in [3.8, 4) is 16.9 Å². The first kappa shape index (κ1) is 26.8. The van der Waals surface area contributed by atoms with Crippen LogP contribution < -0.4 is 10.6 Å². The number of phenols is 1. The van der Waals surface area contributed by atoms with Crippen LogP contribution >= 0.6 is 23.2 Å². The molecule has 0 spiro atoms. The summed E-state index contributed by atoms with van der Waals surface area (Å²) in [6, 6.07) is 9.12. The third-order valence-electron chi connectivity index (χ3n) is 7.33. The Labute approximate surface area is 223 Å². The second-order valence-corrected chi connectivity index (χ2v) is 10.8. The number of aromatic hydroxyl groups is 1. The smallest absolute Gasteiger partial charge is 0.251 e. The Bertz CT molecular complexity index is 1070. The highest BCUT2D eigenvalue weighted by atomic mass is 35.5. The van der Waals surface area contributed by atoms with E-state index in [2.05, 4.69) is 15.5 Å². The van der Waals surface area contributed by atoms with Gasteiger partial charge in [-0.3, -0.25) is 9.59 Å². The van der Waals surface area contributed by atoms with Crippen LogP contribution in [0.1, 0.15) is 61.7 Å². The molecule has 2 aliphatic rings. The van der Waals surface area contributed by atoms with Crippen LogP contribution in [0.3, 0.4) is 0 Å². The van der Waals surface area contributed by atoms with Gasteiger partial charge in [-0.15, -0.1) is 0 Å². The average Bonchev–Trinajstić information content (AvgIpc) is 3.40. The van der Waals surface area contributed by atoms with Crippen LogP contribution in [0, 0.1) is 5.92 Å². The molecular formula is C28H35Cl2N3O3. The van der Waals surface area contributed by atoms with Crippen LogP contribution in [-0.4, -0.2) is 54.0 Å². The number of rotatable bonds is 9. The van der Waals surface area contributed by atoms with Crippen molar-refractivity contribution >= 4 is 35.0 Å². The molecule has 0 radical (unpaired) electrons. The highest BCUT2D eigenvalue weighted by molar-refractivity contribution is 6.42. The second kappa shape index (κ2) is 12.8. The summed E-state index contributed by atoms with van der Waals surface area (Å²) >= 11 is 12.2. The van der Waals surface area contributed by atoms with Gasteiger partial charge in [-0.25, -0.2) is 0 Å². The van der Waals surface area contributed by atoms with Gasteiger partial charge in [0.15, 0.2) is 0 Å². The standard InChI is InChI=1S/C28H35Cl2N3O3/c29-23-10-8-20(18-24(23)30)22-17-21(9-11-26(22)34)27(35)32-25(16-19-6-2-1-3-7-19)28(36)31-12-15-33-13-4-5-14-33/h8-11,17-19,25,34H,1-7,12-16H2,(H,31,36)(H,32,35)/t25-/m0/s1. The summed E-state index contributed by atoms with van der Waals surface area (Å²) in [6.45, 7) is 3.58. The van der Waals surface area contributed by atoms with Crippen molar-refractivity contribution in [2.75, 3.05) is 26.2 Å². The molecule has 194 valence electrons. The lowest BCUT2D eigenvalue weighted by molar-refractivity contribution is -0.123. The molecular weight excluding hydrogens is 497 g/mol. The maximum atomic E-state index is 13.3. The highest BCUT2D eigenvalue weighted by Gasteiger charge is 2.27. The van der Waals surface area contributed by atoms with E-state index in [0.717, 1.165) is 32.5 Å². The third kappa shape index (κ3) is 7.15. The van der Waals surface area contributed by atoms with Crippen molar-refractivity contribution < 1.29 is 14.7 Å². The van der Waals surface area contributed by atoms with Gasteiger partial charge >= 0.3 is 0 Å². The van der Waals surface area contributed by atoms with Crippen LogP contribution in [0.4, 0.5) is 0 Å². The van der Waals surface area contributed by atoms with E-state index < -0.39 is 6.04 Å². The Hall–Kier alpha value is -2.28. The molecule has 1 aliphatic carbocycles. The minimum absolute atomic E-state index is 0.0309. The minimum atomic E-state index is -0.596. The predicted molar refractivity (Wildman–Crippen MR) is 145 cm³/mol. The molecule has 0 aromatic heterocycles. The molecule has 2 amide bonds. The van der Waals surface area contributed by atoms with E-state index in [1.807, 2.05) is 0 Å². The van der Waals surface area contributed by atoms with Gasteiger partial charge in [0.25, 0.3) is 5.91 Å². The second-order valence-electron chi connectivity index (χ2n) is 9.97. The molecule has 0 bridgehead atoms. The summed E-state index contributed by atoms with van der Waals surface area (Å²) < 4.78 is 0. The Morgan fingerprint density at radius 3 is 2.44 bits per heavy atom. The van der Waals surface area contributed by atoms with Crippen LogP contribution in [0.5, 0.6) is 5.75 Å². The van der Waals surface area contributed by atoms with Crippen LogP contribution in [0.2, 0.25) is 10.0 Å². The van der Waals surface area contributed by atoms with Crippen LogP contribution in [-0.2, 0) is 4.79 Å². The van der Waals surface area contributed by atoms with Crippen molar-refractivity contribution in [2.24, 2.45) is 5.92 Å². The Kier molecular flexibility index (Phi) is 9.52. The molecule has 1 saturated heterocycles. The molecule has 36 heavy (non-hydrogen) atoms. The van der Waals surface area contributed by atoms with Gasteiger partial charge in [0.1, 0.15) is 11.8 Å². The Morgan fingerprint density at radius 2 is 1.72 bits per heavy atom. The summed E-state index contributed by atoms with van der Waals surface area (Å²) in [5.41, 5.74) is 1.49. The lowest BCUT2D eigenvalue weighted by atomic mass is 9.84. The maximum Gasteiger partial charge on any atom is 0.251 e. The average molecular weight is 533 g/mol. The van der Waals surface area contributed by atoms with Crippen LogP contribution in [0.15, 0.2) is 36.4 Å². The van der Waals surface area contributed by atoms with E-state index in [4.69, 9.17) is 23.2 Å². The minimum Gasteiger partial charge on any atom is -0.507 e. The molecule has 0 unspecified atom stereocenters. The van der Waals surface area contributed by atoms with E-state index in [0.29, 0.717) is 45.6 Å². The normalized spacial score (nSPS) is 17.6. The number of hydrogen-bond donors (Lipinski definition) is 3. The number of carbonyl (C=O) groups is 2. The molecule has 1 aliphatic heterocycles. The van der Waals surface area contributed by atoms with E-state index in [-0.39, 0.29) is 17.6 Å². The fourth-order valence-corrected chi connectivity index (χ4v) is 5.57. The van der Waals surface area contributed by atoms with Crippen molar-refractivity contribution in [1.29, 1.82) is 0 Å². The molecule has 8 heteroatoms. The van der Waals surface area contributed by atoms with E-state index >= 15 is 0 Å².